The predicted octanol–water partition coefficient (Wildman–Crippen LogP) is 9.75. The van der Waals surface area contributed by atoms with Gasteiger partial charge in [-0.25, -0.2) is 4.18 Å². The summed E-state index contributed by atoms with van der Waals surface area (Å²) in [6.45, 7) is 1.49. The average molecular weight is 947 g/mol. The molecule has 1 saturated carbocycles. The summed E-state index contributed by atoms with van der Waals surface area (Å²) in [4.78, 5) is 0. The molecule has 2 aliphatic rings. The lowest BCUT2D eigenvalue weighted by atomic mass is 9.84. The van der Waals surface area contributed by atoms with Crippen molar-refractivity contribution in [2.75, 3.05) is 6.61 Å². The highest BCUT2D eigenvalue weighted by molar-refractivity contribution is 7.81. The number of hydrogen-bond donors (Lipinski definition) is 2. The Labute approximate surface area is 399 Å². The number of rotatable bonds is 23. The molecule has 0 bridgehead atoms. The summed E-state index contributed by atoms with van der Waals surface area (Å²) in [5.41, 5.74) is 5.56. The van der Waals surface area contributed by atoms with Gasteiger partial charge in [-0.15, -0.1) is 0 Å². The Kier molecular flexibility index (Phi) is 17.5. The summed E-state index contributed by atoms with van der Waals surface area (Å²) in [6, 6.07) is 58.5. The smallest absolute Gasteiger partial charge is 0.376 e. The topological polar surface area (TPSA) is 128 Å². The molecule has 6 aromatic rings. The van der Waals surface area contributed by atoms with Gasteiger partial charge in [0.25, 0.3) is 0 Å². The maximum absolute atomic E-state index is 13.0. The van der Waals surface area contributed by atoms with Gasteiger partial charge in [-0.05, 0) is 46.2 Å². The van der Waals surface area contributed by atoms with Gasteiger partial charge in [0, 0.05) is 10.7 Å². The van der Waals surface area contributed by atoms with Gasteiger partial charge in [-0.2, -0.15) is 21.0 Å². The molecule has 11 nitrogen and oxygen atoms in total. The molecule has 0 spiro atoms. The first-order chi connectivity index (χ1) is 32.7. The second-order valence-corrected chi connectivity index (χ2v) is 19.0. The molecule has 6 aromatic carbocycles. The lowest BCUT2D eigenvalue weighted by molar-refractivity contribution is -0.317. The van der Waals surface area contributed by atoms with Crippen LogP contribution >= 0.6 is 12.6 Å². The zero-order chi connectivity index (χ0) is 46.3. The van der Waals surface area contributed by atoms with Crippen LogP contribution in [-0.2, 0) is 87.4 Å². The standard InChI is InChI=1S/C54H58O11S2/c55-67(56,57)65-50-48(64-53(63-38-45-29-17-6-18-30-45)52(62-37-44-27-15-5-16-28-44)51(50)61-36-43-25-13-4-14-26-43)32-54(66)31-47(59-34-41-21-9-2-10-22-41)49(60-35-42-23-11-3-12-24-42)46(54)39-58-33-40-19-7-1-8-20-40/h1-30,46-53,66H,31-39H2,(H,55,56,57)/t46-,47-,48-,49-,50-,51+,52-,53-,54?/m1/s1. The van der Waals surface area contributed by atoms with Crippen molar-refractivity contribution >= 4 is 23.0 Å². The molecule has 67 heavy (non-hydrogen) atoms. The van der Waals surface area contributed by atoms with Crippen LogP contribution in [0.5, 0.6) is 0 Å². The number of ether oxygens (including phenoxy) is 7. The highest BCUT2D eigenvalue weighted by Crippen LogP contribution is 2.50. The molecule has 1 saturated heterocycles. The second-order valence-electron chi connectivity index (χ2n) is 17.1. The quantitative estimate of drug-likeness (QED) is 0.0471. The maximum atomic E-state index is 13.0. The Balaban J connectivity index is 1.16. The molecule has 13 heteroatoms. The van der Waals surface area contributed by atoms with Gasteiger partial charge in [0.1, 0.15) is 18.3 Å². The largest absolute Gasteiger partial charge is 0.397 e. The zero-order valence-corrected chi connectivity index (χ0v) is 38.9. The van der Waals surface area contributed by atoms with E-state index in [0.717, 1.165) is 33.4 Å². The van der Waals surface area contributed by atoms with E-state index in [9.17, 15) is 13.0 Å². The van der Waals surface area contributed by atoms with Crippen LogP contribution in [0.1, 0.15) is 46.2 Å². The Morgan fingerprint density at radius 2 is 0.866 bits per heavy atom. The second kappa shape index (κ2) is 24.0. The number of thiol groups is 1. The fourth-order valence-corrected chi connectivity index (χ4v) is 9.99. The van der Waals surface area contributed by atoms with E-state index in [1.807, 2.05) is 182 Å². The van der Waals surface area contributed by atoms with E-state index < -0.39 is 64.0 Å². The van der Waals surface area contributed by atoms with Crippen molar-refractivity contribution in [1.29, 1.82) is 0 Å². The predicted molar refractivity (Wildman–Crippen MR) is 257 cm³/mol. The molecule has 1 unspecified atom stereocenters. The van der Waals surface area contributed by atoms with Crippen LogP contribution in [0.15, 0.2) is 182 Å². The molecular formula is C54H58O11S2. The Morgan fingerprint density at radius 3 is 1.30 bits per heavy atom. The molecule has 1 aliphatic carbocycles. The van der Waals surface area contributed by atoms with E-state index in [-0.39, 0.29) is 32.8 Å². The summed E-state index contributed by atoms with van der Waals surface area (Å²) in [7, 11) is -5.10. The third kappa shape index (κ3) is 14.2. The minimum absolute atomic E-state index is 0.0624. The van der Waals surface area contributed by atoms with Crippen LogP contribution in [0.25, 0.3) is 0 Å². The fraction of sp³-hybridized carbons (Fsp3) is 0.333. The van der Waals surface area contributed by atoms with E-state index in [2.05, 4.69) is 0 Å². The van der Waals surface area contributed by atoms with Crippen molar-refractivity contribution < 1.29 is 50.3 Å². The first-order valence-electron chi connectivity index (χ1n) is 22.6. The van der Waals surface area contributed by atoms with Crippen molar-refractivity contribution in [2.45, 2.75) is 100 Å². The Morgan fingerprint density at radius 1 is 0.493 bits per heavy atom. The molecule has 0 radical (unpaired) electrons. The molecule has 1 N–H and O–H groups in total. The van der Waals surface area contributed by atoms with Crippen LogP contribution in [0.2, 0.25) is 0 Å². The molecular weight excluding hydrogens is 889 g/mol. The molecule has 0 amide bonds. The summed E-state index contributed by atoms with van der Waals surface area (Å²) in [6.07, 6.45) is -6.39. The fourth-order valence-electron chi connectivity index (χ4n) is 8.90. The summed E-state index contributed by atoms with van der Waals surface area (Å²) >= 11 is 5.57. The van der Waals surface area contributed by atoms with Gasteiger partial charge in [-0.1, -0.05) is 182 Å². The number of hydrogen-bond acceptors (Lipinski definition) is 11. The molecule has 2 fully saturated rings. The minimum Gasteiger partial charge on any atom is -0.376 e. The van der Waals surface area contributed by atoms with E-state index in [4.69, 9.17) is 50.0 Å². The zero-order valence-electron chi connectivity index (χ0n) is 37.2. The third-order valence-electron chi connectivity index (χ3n) is 12.2. The Bertz CT molecular complexity index is 2460. The third-order valence-corrected chi connectivity index (χ3v) is 13.4. The van der Waals surface area contributed by atoms with Gasteiger partial charge >= 0.3 is 10.4 Å². The van der Waals surface area contributed by atoms with Crippen LogP contribution in [-0.4, -0.2) is 67.2 Å². The van der Waals surface area contributed by atoms with Gasteiger partial charge in [0.05, 0.1) is 64.6 Å². The molecule has 0 aromatic heterocycles. The maximum Gasteiger partial charge on any atom is 0.397 e. The highest BCUT2D eigenvalue weighted by atomic mass is 32.3. The van der Waals surface area contributed by atoms with Crippen molar-refractivity contribution in [3.05, 3.63) is 215 Å². The number of benzene rings is 6. The molecule has 1 heterocycles. The molecule has 8 rings (SSSR count). The van der Waals surface area contributed by atoms with E-state index >= 15 is 0 Å². The van der Waals surface area contributed by atoms with E-state index in [1.54, 1.807) is 0 Å². The lowest BCUT2D eigenvalue weighted by Crippen LogP contribution is -2.62. The van der Waals surface area contributed by atoms with Gasteiger partial charge in [0.2, 0.25) is 0 Å². The highest BCUT2D eigenvalue weighted by Gasteiger charge is 2.58. The normalized spacial score (nSPS) is 25.2. The van der Waals surface area contributed by atoms with Crippen molar-refractivity contribution in [1.82, 2.24) is 0 Å². The van der Waals surface area contributed by atoms with Crippen LogP contribution in [0.3, 0.4) is 0 Å². The molecule has 352 valence electrons. The van der Waals surface area contributed by atoms with Crippen molar-refractivity contribution in [3.8, 4) is 0 Å². The van der Waals surface area contributed by atoms with Crippen LogP contribution < -0.4 is 0 Å². The summed E-state index contributed by atoms with van der Waals surface area (Å²) < 4.78 is 88.4. The SMILES string of the molecule is O=S(=O)(O)O[C@H]1[C@H](OCc2ccccc2)[C@@H](OCc2ccccc2)[C@H](OCc2ccccc2)O[C@@H]1CC1(S)C[C@@H](OCc2ccccc2)[C@H](OCc2ccccc2)[C@H]1COCc1ccccc1. The first-order valence-corrected chi connectivity index (χ1v) is 24.4. The van der Waals surface area contributed by atoms with Crippen molar-refractivity contribution in [2.24, 2.45) is 5.92 Å². The Hall–Kier alpha value is -4.74. The molecule has 1 aliphatic heterocycles. The lowest BCUT2D eigenvalue weighted by Gasteiger charge is -2.47. The van der Waals surface area contributed by atoms with E-state index in [0.29, 0.717) is 26.2 Å². The van der Waals surface area contributed by atoms with Gasteiger partial charge in [-0.3, -0.25) is 4.55 Å². The van der Waals surface area contributed by atoms with Crippen LogP contribution in [0, 0.1) is 5.92 Å². The summed E-state index contributed by atoms with van der Waals surface area (Å²) in [5.74, 6) is -0.432. The average Bonchev–Trinajstić information content (AvgIpc) is 3.62. The first kappa shape index (κ1) is 48.7. The molecule has 9 atom stereocenters. The van der Waals surface area contributed by atoms with Crippen molar-refractivity contribution in [3.63, 3.8) is 0 Å². The van der Waals surface area contributed by atoms with Gasteiger partial charge in [0.15, 0.2) is 6.29 Å². The van der Waals surface area contributed by atoms with Crippen LogP contribution in [0.4, 0.5) is 0 Å². The summed E-state index contributed by atoms with van der Waals surface area (Å²) in [5, 5.41) is 0. The minimum atomic E-state index is -5.10. The van der Waals surface area contributed by atoms with E-state index in [1.165, 1.54) is 0 Å². The van der Waals surface area contributed by atoms with Gasteiger partial charge < -0.3 is 33.2 Å². The monoisotopic (exact) mass is 946 g/mol.